The maximum Gasteiger partial charge on any atom is 0.237 e. The molecule has 0 bridgehead atoms. The number of nitrogens with zero attached hydrogens (tertiary/aromatic N) is 1. The average Bonchev–Trinajstić information content (AvgIpc) is 2.92. The summed E-state index contributed by atoms with van der Waals surface area (Å²) in [4.78, 5) is 28.1. The van der Waals surface area contributed by atoms with Crippen LogP contribution in [-0.2, 0) is 22.6 Å². The number of ketones is 1. The summed E-state index contributed by atoms with van der Waals surface area (Å²) in [5, 5.41) is 0. The quantitative estimate of drug-likeness (QED) is 0.257. The Labute approximate surface area is 214 Å². The van der Waals surface area contributed by atoms with E-state index in [1.54, 1.807) is 24.3 Å². The molecule has 4 aromatic carbocycles. The summed E-state index contributed by atoms with van der Waals surface area (Å²) in [5.41, 5.74) is 3.08. The average molecular weight is 498 g/mol. The predicted octanol–water partition coefficient (Wildman–Crippen LogP) is 6.24. The van der Waals surface area contributed by atoms with Gasteiger partial charge in [0.05, 0.1) is 5.92 Å². The topological polar surface area (TPSA) is 46.6 Å². The van der Waals surface area contributed by atoms with Crippen molar-refractivity contribution in [3.8, 4) is 5.75 Å². The number of carbonyl (C=O) groups is 2. The van der Waals surface area contributed by atoms with Gasteiger partial charge in [0.2, 0.25) is 5.91 Å². The van der Waals surface area contributed by atoms with Crippen LogP contribution in [0, 0.1) is 11.6 Å². The van der Waals surface area contributed by atoms with Crippen LogP contribution in [0.15, 0.2) is 103 Å². The summed E-state index contributed by atoms with van der Waals surface area (Å²) in [6, 6.07) is 27.9. The van der Waals surface area contributed by atoms with Gasteiger partial charge in [0.15, 0.2) is 5.78 Å². The predicted molar refractivity (Wildman–Crippen MR) is 137 cm³/mol. The van der Waals surface area contributed by atoms with Gasteiger partial charge in [-0.05, 0) is 71.6 Å². The molecule has 4 nitrogen and oxygen atoms in total. The molecule has 0 unspecified atom stereocenters. The van der Waals surface area contributed by atoms with E-state index in [0.717, 1.165) is 16.7 Å². The molecule has 0 radical (unpaired) electrons. The summed E-state index contributed by atoms with van der Waals surface area (Å²) in [7, 11) is 0. The fraction of sp³-hybridized carbons (Fsp3) is 0.161. The Kier molecular flexibility index (Phi) is 7.08. The number of carbonyl (C=O) groups excluding carboxylic acids is 2. The molecule has 6 heteroatoms. The Morgan fingerprint density at radius 2 is 1.38 bits per heavy atom. The molecule has 0 saturated carbocycles. The highest BCUT2D eigenvalue weighted by Crippen LogP contribution is 2.41. The van der Waals surface area contributed by atoms with E-state index in [0.29, 0.717) is 24.5 Å². The zero-order chi connectivity index (χ0) is 25.8. The molecule has 5 rings (SSSR count). The standard InChI is InChI=1S/C31H25F2NO3/c32-24-11-6-21(7-12-24)8-19-28(35)30-29(31(36)34(30)26-15-13-25(33)14-16-26)23-9-17-27(18-10-23)37-20-22-4-2-1-3-5-22/h1-7,9-18,29-30H,8,19-20H2/t29-,30-/m1/s1. The van der Waals surface area contributed by atoms with Crippen molar-refractivity contribution in [1.82, 2.24) is 0 Å². The molecule has 1 heterocycles. The maximum absolute atomic E-state index is 13.5. The second-order valence-electron chi connectivity index (χ2n) is 9.04. The zero-order valence-electron chi connectivity index (χ0n) is 20.0. The molecule has 4 aromatic rings. The van der Waals surface area contributed by atoms with Crippen LogP contribution in [0.4, 0.5) is 14.5 Å². The molecule has 1 saturated heterocycles. The van der Waals surface area contributed by atoms with Crippen molar-refractivity contribution in [2.75, 3.05) is 4.90 Å². The fourth-order valence-electron chi connectivity index (χ4n) is 4.61. The number of hydrogen-bond donors (Lipinski definition) is 0. The van der Waals surface area contributed by atoms with Crippen LogP contribution in [0.3, 0.4) is 0 Å². The van der Waals surface area contributed by atoms with Gasteiger partial charge in [-0.2, -0.15) is 0 Å². The molecule has 186 valence electrons. The molecule has 2 atom stereocenters. The first-order chi connectivity index (χ1) is 18.0. The molecule has 37 heavy (non-hydrogen) atoms. The number of aryl methyl sites for hydroxylation is 1. The molecule has 1 aliphatic heterocycles. The van der Waals surface area contributed by atoms with Crippen LogP contribution in [0.1, 0.15) is 29.0 Å². The van der Waals surface area contributed by atoms with Crippen molar-refractivity contribution in [2.45, 2.75) is 31.4 Å². The second kappa shape index (κ2) is 10.7. The lowest BCUT2D eigenvalue weighted by Gasteiger charge is -2.46. The van der Waals surface area contributed by atoms with Crippen molar-refractivity contribution < 1.29 is 23.1 Å². The van der Waals surface area contributed by atoms with Gasteiger partial charge in [-0.15, -0.1) is 0 Å². The van der Waals surface area contributed by atoms with Gasteiger partial charge in [0.25, 0.3) is 0 Å². The number of rotatable bonds is 9. The van der Waals surface area contributed by atoms with E-state index in [4.69, 9.17) is 4.74 Å². The minimum atomic E-state index is -0.713. The Hall–Kier alpha value is -4.32. The highest BCUT2D eigenvalue weighted by molar-refractivity contribution is 6.15. The van der Waals surface area contributed by atoms with E-state index in [1.807, 2.05) is 42.5 Å². The highest BCUT2D eigenvalue weighted by Gasteiger charge is 2.52. The van der Waals surface area contributed by atoms with E-state index in [9.17, 15) is 18.4 Å². The van der Waals surface area contributed by atoms with Crippen LogP contribution in [0.25, 0.3) is 0 Å². The van der Waals surface area contributed by atoms with Crippen molar-refractivity contribution in [2.24, 2.45) is 0 Å². The monoisotopic (exact) mass is 497 g/mol. The summed E-state index contributed by atoms with van der Waals surface area (Å²) in [6.07, 6.45) is 0.621. The maximum atomic E-state index is 13.5. The molecule has 1 amide bonds. The summed E-state index contributed by atoms with van der Waals surface area (Å²) in [6.45, 7) is 0.422. The molecule has 0 spiro atoms. The Morgan fingerprint density at radius 3 is 2.03 bits per heavy atom. The van der Waals surface area contributed by atoms with Gasteiger partial charge in [0, 0.05) is 12.1 Å². The molecule has 0 aliphatic carbocycles. The van der Waals surface area contributed by atoms with Gasteiger partial charge in [0.1, 0.15) is 30.0 Å². The van der Waals surface area contributed by atoms with Crippen LogP contribution in [0.2, 0.25) is 0 Å². The number of benzene rings is 4. The third kappa shape index (κ3) is 5.43. The lowest BCUT2D eigenvalue weighted by molar-refractivity contribution is -0.134. The Bertz CT molecular complexity index is 1370. The molecule has 1 fully saturated rings. The van der Waals surface area contributed by atoms with E-state index >= 15 is 0 Å². The van der Waals surface area contributed by atoms with Gasteiger partial charge in [-0.3, -0.25) is 9.59 Å². The summed E-state index contributed by atoms with van der Waals surface area (Å²) >= 11 is 0. The number of β-lactam (4-membered cyclic amide) rings is 1. The van der Waals surface area contributed by atoms with Crippen LogP contribution < -0.4 is 9.64 Å². The summed E-state index contributed by atoms with van der Waals surface area (Å²) < 4.78 is 32.6. The van der Waals surface area contributed by atoms with Gasteiger partial charge in [-0.1, -0.05) is 54.6 Å². The van der Waals surface area contributed by atoms with Gasteiger partial charge in [-0.25, -0.2) is 8.78 Å². The smallest absolute Gasteiger partial charge is 0.237 e. The Morgan fingerprint density at radius 1 is 0.757 bits per heavy atom. The van der Waals surface area contributed by atoms with E-state index in [-0.39, 0.29) is 23.9 Å². The van der Waals surface area contributed by atoms with Crippen molar-refractivity contribution >= 4 is 17.4 Å². The van der Waals surface area contributed by atoms with Crippen LogP contribution in [0.5, 0.6) is 5.75 Å². The van der Waals surface area contributed by atoms with Crippen molar-refractivity contribution in [3.63, 3.8) is 0 Å². The molecule has 0 aromatic heterocycles. The number of halogens is 2. The summed E-state index contributed by atoms with van der Waals surface area (Å²) in [5.74, 6) is -1.06. The minimum absolute atomic E-state index is 0.109. The molecular formula is C31H25F2NO3. The van der Waals surface area contributed by atoms with E-state index in [1.165, 1.54) is 41.3 Å². The Balaban J connectivity index is 1.34. The third-order valence-corrected chi connectivity index (χ3v) is 6.59. The number of Topliss-reactive ketones (excluding diaryl/α,β-unsaturated/α-hetero) is 1. The fourth-order valence-corrected chi connectivity index (χ4v) is 4.61. The third-order valence-electron chi connectivity index (χ3n) is 6.59. The molecule has 1 aliphatic rings. The van der Waals surface area contributed by atoms with Crippen LogP contribution in [-0.4, -0.2) is 17.7 Å². The second-order valence-corrected chi connectivity index (χ2v) is 9.04. The number of amides is 1. The first kappa shape index (κ1) is 24.4. The first-order valence-electron chi connectivity index (χ1n) is 12.1. The van der Waals surface area contributed by atoms with Crippen molar-refractivity contribution in [3.05, 3.63) is 131 Å². The zero-order valence-corrected chi connectivity index (χ0v) is 20.0. The lowest BCUT2D eigenvalue weighted by atomic mass is 9.77. The van der Waals surface area contributed by atoms with E-state index in [2.05, 4.69) is 0 Å². The largest absolute Gasteiger partial charge is 0.489 e. The number of hydrogen-bond acceptors (Lipinski definition) is 3. The van der Waals surface area contributed by atoms with Crippen LogP contribution >= 0.6 is 0 Å². The van der Waals surface area contributed by atoms with Gasteiger partial charge < -0.3 is 9.64 Å². The molecule has 0 N–H and O–H groups in total. The first-order valence-corrected chi connectivity index (χ1v) is 12.1. The van der Waals surface area contributed by atoms with Crippen molar-refractivity contribution in [1.29, 1.82) is 0 Å². The number of anilines is 1. The molecular weight excluding hydrogens is 472 g/mol. The SMILES string of the molecule is O=C(CCc1ccc(F)cc1)[C@@H]1[C@@H](c2ccc(OCc3ccccc3)cc2)C(=O)N1c1ccc(F)cc1. The normalized spacial score (nSPS) is 16.8. The minimum Gasteiger partial charge on any atom is -0.489 e. The van der Waals surface area contributed by atoms with E-state index < -0.39 is 17.8 Å². The number of ether oxygens (including phenoxy) is 1. The lowest BCUT2D eigenvalue weighted by Crippen LogP contribution is -2.63. The van der Waals surface area contributed by atoms with Gasteiger partial charge >= 0.3 is 0 Å². The highest BCUT2D eigenvalue weighted by atomic mass is 19.1.